The average Bonchev–Trinajstić information content (AvgIpc) is 3.16. The van der Waals surface area contributed by atoms with Gasteiger partial charge in [-0.05, 0) is 48.0 Å². The lowest BCUT2D eigenvalue weighted by Crippen LogP contribution is -2.21. The number of anilines is 1. The van der Waals surface area contributed by atoms with E-state index in [0.717, 1.165) is 21.8 Å². The number of sulfonamides is 1. The molecule has 0 bridgehead atoms. The van der Waals surface area contributed by atoms with Gasteiger partial charge in [0.2, 0.25) is 10.0 Å². The topological polar surface area (TPSA) is 116 Å². The number of rotatable bonds is 6. The fourth-order valence-corrected chi connectivity index (χ4v) is 3.83. The second kappa shape index (κ2) is 8.52. The van der Waals surface area contributed by atoms with Crippen LogP contribution in [0.1, 0.15) is 9.67 Å². The summed E-state index contributed by atoms with van der Waals surface area (Å²) in [5.41, 5.74) is 0.954. The number of carbonyl (C=O) groups excluding carboxylic acids is 2. The van der Waals surface area contributed by atoms with Crippen molar-refractivity contribution < 1.29 is 27.1 Å². The molecule has 0 spiro atoms. The maximum atomic E-state index is 13.0. The third kappa shape index (κ3) is 5.47. The Labute approximate surface area is 170 Å². The van der Waals surface area contributed by atoms with Gasteiger partial charge in [-0.15, -0.1) is 11.3 Å². The number of hydrogen-bond acceptors (Lipinski definition) is 6. The van der Waals surface area contributed by atoms with Crippen molar-refractivity contribution in [1.82, 2.24) is 0 Å². The van der Waals surface area contributed by atoms with E-state index < -0.39 is 28.5 Å². The molecule has 0 aliphatic rings. The van der Waals surface area contributed by atoms with E-state index >= 15 is 0 Å². The standard InChI is InChI=1S/C19H15FN2O5S2/c20-13-6-4-12(5-7-13)16-8-9-17(28-16)19(24)27-11-18(23)22-14-2-1-3-15(10-14)29(21,25)26/h1-10H,11H2,(H,22,23)(H2,21,25,26). The summed E-state index contributed by atoms with van der Waals surface area (Å²) < 4.78 is 40.7. The van der Waals surface area contributed by atoms with Crippen LogP contribution in [0.2, 0.25) is 0 Å². The number of nitrogens with two attached hydrogens (primary N) is 1. The molecule has 10 heteroatoms. The summed E-state index contributed by atoms with van der Waals surface area (Å²) in [5, 5.41) is 7.47. The second-order valence-corrected chi connectivity index (χ2v) is 8.51. The number of benzene rings is 2. The zero-order chi connectivity index (χ0) is 21.0. The molecule has 1 aromatic heterocycles. The Bertz CT molecular complexity index is 1160. The molecule has 3 aromatic rings. The lowest BCUT2D eigenvalue weighted by atomic mass is 10.2. The van der Waals surface area contributed by atoms with Crippen molar-refractivity contribution in [2.75, 3.05) is 11.9 Å². The van der Waals surface area contributed by atoms with Crippen molar-refractivity contribution in [2.45, 2.75) is 4.90 Å². The van der Waals surface area contributed by atoms with Crippen LogP contribution in [0.4, 0.5) is 10.1 Å². The van der Waals surface area contributed by atoms with Crippen LogP contribution in [-0.2, 0) is 19.6 Å². The smallest absolute Gasteiger partial charge is 0.348 e. The number of primary sulfonamides is 1. The maximum absolute atomic E-state index is 13.0. The lowest BCUT2D eigenvalue weighted by molar-refractivity contribution is -0.119. The molecule has 0 saturated carbocycles. The molecule has 1 heterocycles. The lowest BCUT2D eigenvalue weighted by Gasteiger charge is -2.07. The highest BCUT2D eigenvalue weighted by Gasteiger charge is 2.15. The normalized spacial score (nSPS) is 11.1. The number of carbonyl (C=O) groups is 2. The van der Waals surface area contributed by atoms with E-state index in [1.54, 1.807) is 24.3 Å². The molecule has 0 fully saturated rings. The van der Waals surface area contributed by atoms with Crippen LogP contribution in [0.3, 0.4) is 0 Å². The van der Waals surface area contributed by atoms with Gasteiger partial charge in [0.1, 0.15) is 10.7 Å². The molecule has 1 amide bonds. The third-order valence-corrected chi connectivity index (χ3v) is 5.74. The fraction of sp³-hybridized carbons (Fsp3) is 0.0526. The molecule has 7 nitrogen and oxygen atoms in total. The molecule has 0 saturated heterocycles. The van der Waals surface area contributed by atoms with Gasteiger partial charge in [0, 0.05) is 10.6 Å². The van der Waals surface area contributed by atoms with Crippen molar-refractivity contribution in [3.63, 3.8) is 0 Å². The van der Waals surface area contributed by atoms with E-state index in [4.69, 9.17) is 9.88 Å². The molecule has 2 aromatic carbocycles. The van der Waals surface area contributed by atoms with E-state index in [-0.39, 0.29) is 21.3 Å². The molecule has 0 radical (unpaired) electrons. The maximum Gasteiger partial charge on any atom is 0.348 e. The minimum atomic E-state index is -3.90. The van der Waals surface area contributed by atoms with Gasteiger partial charge in [0.05, 0.1) is 4.90 Å². The van der Waals surface area contributed by atoms with Gasteiger partial charge in [-0.25, -0.2) is 22.7 Å². The van der Waals surface area contributed by atoms with Gasteiger partial charge >= 0.3 is 5.97 Å². The van der Waals surface area contributed by atoms with Gasteiger partial charge in [-0.2, -0.15) is 0 Å². The number of thiophene rings is 1. The van der Waals surface area contributed by atoms with Crippen molar-refractivity contribution in [3.8, 4) is 10.4 Å². The van der Waals surface area contributed by atoms with Crippen LogP contribution in [0.15, 0.2) is 65.6 Å². The summed E-state index contributed by atoms with van der Waals surface area (Å²) in [6.45, 7) is -0.553. The quantitative estimate of drug-likeness (QED) is 0.579. The molecule has 0 aliphatic carbocycles. The Morgan fingerprint density at radius 1 is 1.07 bits per heavy atom. The summed E-state index contributed by atoms with van der Waals surface area (Å²) in [7, 11) is -3.90. The first kappa shape index (κ1) is 20.6. The zero-order valence-electron chi connectivity index (χ0n) is 14.8. The van der Waals surface area contributed by atoms with Crippen molar-refractivity contribution >= 4 is 38.9 Å². The summed E-state index contributed by atoms with van der Waals surface area (Å²) in [6.07, 6.45) is 0. The Hall–Kier alpha value is -3.08. The second-order valence-electron chi connectivity index (χ2n) is 5.87. The SMILES string of the molecule is NS(=O)(=O)c1cccc(NC(=O)COC(=O)c2ccc(-c3ccc(F)cc3)s2)c1. The van der Waals surface area contributed by atoms with Crippen LogP contribution in [0.5, 0.6) is 0 Å². The van der Waals surface area contributed by atoms with Crippen molar-refractivity contribution in [3.05, 3.63) is 71.4 Å². The number of amides is 1. The fourth-order valence-electron chi connectivity index (χ4n) is 2.37. The Balaban J connectivity index is 1.58. The van der Waals surface area contributed by atoms with Gasteiger partial charge < -0.3 is 10.1 Å². The predicted octanol–water partition coefficient (Wildman–Crippen LogP) is 3.00. The van der Waals surface area contributed by atoms with Crippen LogP contribution < -0.4 is 10.5 Å². The van der Waals surface area contributed by atoms with E-state index in [0.29, 0.717) is 0 Å². The van der Waals surface area contributed by atoms with Crippen molar-refractivity contribution in [2.24, 2.45) is 5.14 Å². The van der Waals surface area contributed by atoms with Crippen LogP contribution in [-0.4, -0.2) is 26.9 Å². The molecule has 0 aliphatic heterocycles. The van der Waals surface area contributed by atoms with E-state index in [9.17, 15) is 22.4 Å². The van der Waals surface area contributed by atoms with E-state index in [1.165, 1.54) is 36.4 Å². The first-order chi connectivity index (χ1) is 13.7. The molecule has 29 heavy (non-hydrogen) atoms. The number of hydrogen-bond donors (Lipinski definition) is 2. The molecule has 3 N–H and O–H groups in total. The van der Waals surface area contributed by atoms with Gasteiger partial charge in [-0.3, -0.25) is 4.79 Å². The van der Waals surface area contributed by atoms with Crippen LogP contribution in [0.25, 0.3) is 10.4 Å². The summed E-state index contributed by atoms with van der Waals surface area (Å²) in [6, 6.07) is 14.5. The average molecular weight is 434 g/mol. The largest absolute Gasteiger partial charge is 0.451 e. The predicted molar refractivity (Wildman–Crippen MR) is 106 cm³/mol. The number of nitrogens with one attached hydrogen (secondary N) is 1. The number of ether oxygens (including phenoxy) is 1. The molecule has 0 atom stereocenters. The van der Waals surface area contributed by atoms with Gasteiger partial charge in [0.15, 0.2) is 6.61 Å². The molecular weight excluding hydrogens is 419 g/mol. The van der Waals surface area contributed by atoms with E-state index in [1.807, 2.05) is 0 Å². The minimum Gasteiger partial charge on any atom is -0.451 e. The highest BCUT2D eigenvalue weighted by atomic mass is 32.2. The van der Waals surface area contributed by atoms with Crippen LogP contribution >= 0.6 is 11.3 Å². The summed E-state index contributed by atoms with van der Waals surface area (Å²) >= 11 is 1.15. The first-order valence-corrected chi connectivity index (χ1v) is 10.5. The molecule has 150 valence electrons. The third-order valence-electron chi connectivity index (χ3n) is 3.72. The monoisotopic (exact) mass is 434 g/mol. The molecular formula is C19H15FN2O5S2. The highest BCUT2D eigenvalue weighted by Crippen LogP contribution is 2.28. The van der Waals surface area contributed by atoms with Crippen LogP contribution in [0, 0.1) is 5.82 Å². The summed E-state index contributed by atoms with van der Waals surface area (Å²) in [4.78, 5) is 25.0. The molecule has 3 rings (SSSR count). The molecule has 0 unspecified atom stereocenters. The Morgan fingerprint density at radius 3 is 2.48 bits per heavy atom. The number of halogens is 1. The minimum absolute atomic E-state index is 0.154. The summed E-state index contributed by atoms with van der Waals surface area (Å²) in [5.74, 6) is -1.68. The van der Waals surface area contributed by atoms with Gasteiger partial charge in [0.25, 0.3) is 5.91 Å². The van der Waals surface area contributed by atoms with E-state index in [2.05, 4.69) is 5.32 Å². The Kier molecular flexibility index (Phi) is 6.06. The first-order valence-electron chi connectivity index (χ1n) is 8.18. The Morgan fingerprint density at radius 2 is 1.79 bits per heavy atom. The number of esters is 1. The zero-order valence-corrected chi connectivity index (χ0v) is 16.4. The highest BCUT2D eigenvalue weighted by molar-refractivity contribution is 7.89. The van der Waals surface area contributed by atoms with Crippen molar-refractivity contribution in [1.29, 1.82) is 0 Å². The van der Waals surface area contributed by atoms with Gasteiger partial charge in [-0.1, -0.05) is 18.2 Å².